The van der Waals surface area contributed by atoms with Crippen LogP contribution < -0.4 is 0 Å². The van der Waals surface area contributed by atoms with Gasteiger partial charge in [-0.3, -0.25) is 14.4 Å². The summed E-state index contributed by atoms with van der Waals surface area (Å²) in [4.78, 5) is 46.7. The number of likely N-dealkylation sites (tertiary alicyclic amines) is 1. The standard InChI is InChI=1S/C13H17NO6/c1-8(2)13(18)19-7-11(17)14-10(16)5-4-6-12(14)20-9(3)15/h12H,1,4-7H2,2-3H3. The van der Waals surface area contributed by atoms with Gasteiger partial charge in [-0.2, -0.15) is 0 Å². The average molecular weight is 283 g/mol. The zero-order chi connectivity index (χ0) is 15.3. The molecule has 7 heteroatoms. The lowest BCUT2D eigenvalue weighted by Crippen LogP contribution is -2.50. The van der Waals surface area contributed by atoms with Crippen LogP contribution in [0.1, 0.15) is 33.1 Å². The number of hydrogen-bond acceptors (Lipinski definition) is 6. The number of amides is 2. The molecule has 1 atom stereocenters. The predicted octanol–water partition coefficient (Wildman–Crippen LogP) is 0.534. The summed E-state index contributed by atoms with van der Waals surface area (Å²) >= 11 is 0. The first kappa shape index (κ1) is 15.9. The molecule has 20 heavy (non-hydrogen) atoms. The fourth-order valence-electron chi connectivity index (χ4n) is 1.76. The smallest absolute Gasteiger partial charge is 0.333 e. The molecule has 1 rings (SSSR count). The van der Waals surface area contributed by atoms with Crippen molar-refractivity contribution in [3.05, 3.63) is 12.2 Å². The van der Waals surface area contributed by atoms with Gasteiger partial charge in [-0.15, -0.1) is 0 Å². The number of carbonyl (C=O) groups excluding carboxylic acids is 4. The maximum absolute atomic E-state index is 11.9. The Balaban J connectivity index is 2.69. The topological polar surface area (TPSA) is 90.0 Å². The molecule has 0 aromatic carbocycles. The first-order valence-electron chi connectivity index (χ1n) is 6.17. The third-order valence-corrected chi connectivity index (χ3v) is 2.64. The van der Waals surface area contributed by atoms with Gasteiger partial charge in [0.05, 0.1) is 0 Å². The van der Waals surface area contributed by atoms with Crippen LogP contribution in [-0.2, 0) is 28.7 Å². The second kappa shape index (κ2) is 6.83. The predicted molar refractivity (Wildman–Crippen MR) is 67.0 cm³/mol. The van der Waals surface area contributed by atoms with E-state index in [9.17, 15) is 19.2 Å². The molecular weight excluding hydrogens is 266 g/mol. The Hall–Kier alpha value is -2.18. The molecule has 0 radical (unpaired) electrons. The Morgan fingerprint density at radius 2 is 2.00 bits per heavy atom. The Kier molecular flexibility index (Phi) is 5.42. The molecule has 1 heterocycles. The van der Waals surface area contributed by atoms with Crippen LogP contribution in [0.3, 0.4) is 0 Å². The fraction of sp³-hybridized carbons (Fsp3) is 0.538. The lowest BCUT2D eigenvalue weighted by Gasteiger charge is -2.32. The highest BCUT2D eigenvalue weighted by molar-refractivity contribution is 5.98. The fourth-order valence-corrected chi connectivity index (χ4v) is 1.76. The number of esters is 2. The molecule has 0 N–H and O–H groups in total. The van der Waals surface area contributed by atoms with E-state index in [1.54, 1.807) is 0 Å². The van der Waals surface area contributed by atoms with E-state index < -0.39 is 36.6 Å². The van der Waals surface area contributed by atoms with Crippen LogP contribution in [0.4, 0.5) is 0 Å². The van der Waals surface area contributed by atoms with Crippen molar-refractivity contribution in [3.63, 3.8) is 0 Å². The van der Waals surface area contributed by atoms with Crippen LogP contribution in [0.15, 0.2) is 12.2 Å². The number of imide groups is 1. The summed E-state index contributed by atoms with van der Waals surface area (Å²) in [7, 11) is 0. The SMILES string of the molecule is C=C(C)C(=O)OCC(=O)N1C(=O)CCCC1OC(C)=O. The van der Waals surface area contributed by atoms with Crippen molar-refractivity contribution in [2.45, 2.75) is 39.3 Å². The van der Waals surface area contributed by atoms with E-state index in [0.717, 1.165) is 4.90 Å². The molecule has 0 spiro atoms. The second-order valence-corrected chi connectivity index (χ2v) is 4.47. The minimum atomic E-state index is -0.926. The highest BCUT2D eigenvalue weighted by Gasteiger charge is 2.35. The average Bonchev–Trinajstić information content (AvgIpc) is 2.34. The number of ether oxygens (including phenoxy) is 2. The third-order valence-electron chi connectivity index (χ3n) is 2.64. The molecule has 1 aliphatic heterocycles. The Bertz CT molecular complexity index is 456. The molecule has 0 aromatic heterocycles. The van der Waals surface area contributed by atoms with Gasteiger partial charge in [0, 0.05) is 25.3 Å². The van der Waals surface area contributed by atoms with Crippen LogP contribution in [0.2, 0.25) is 0 Å². The lowest BCUT2D eigenvalue weighted by atomic mass is 10.1. The molecule has 1 fully saturated rings. The first-order chi connectivity index (χ1) is 9.32. The number of piperidine rings is 1. The third kappa shape index (κ3) is 4.18. The Morgan fingerprint density at radius 1 is 1.35 bits per heavy atom. The van der Waals surface area contributed by atoms with Crippen LogP contribution in [0, 0.1) is 0 Å². The van der Waals surface area contributed by atoms with Crippen LogP contribution in [0.5, 0.6) is 0 Å². The van der Waals surface area contributed by atoms with Crippen molar-refractivity contribution in [2.24, 2.45) is 0 Å². The Labute approximate surface area is 116 Å². The van der Waals surface area contributed by atoms with Gasteiger partial charge < -0.3 is 9.47 Å². The van der Waals surface area contributed by atoms with E-state index in [1.165, 1.54) is 13.8 Å². The molecule has 2 amide bonds. The number of carbonyl (C=O) groups is 4. The van der Waals surface area contributed by atoms with Crippen LogP contribution >= 0.6 is 0 Å². The normalized spacial score (nSPS) is 18.4. The number of nitrogens with zero attached hydrogens (tertiary/aromatic N) is 1. The van der Waals surface area contributed by atoms with Crippen molar-refractivity contribution < 1.29 is 28.7 Å². The van der Waals surface area contributed by atoms with E-state index in [1.807, 2.05) is 0 Å². The summed E-state index contributed by atoms with van der Waals surface area (Å²) in [5.41, 5.74) is 0.152. The molecular formula is C13H17NO6. The van der Waals surface area contributed by atoms with Crippen molar-refractivity contribution in [3.8, 4) is 0 Å². The summed E-state index contributed by atoms with van der Waals surface area (Å²) in [6, 6.07) is 0. The van der Waals surface area contributed by atoms with E-state index >= 15 is 0 Å². The molecule has 0 saturated carbocycles. The monoisotopic (exact) mass is 283 g/mol. The summed E-state index contributed by atoms with van der Waals surface area (Å²) in [6.07, 6.45) is 0.181. The van der Waals surface area contributed by atoms with E-state index in [0.29, 0.717) is 12.8 Å². The minimum absolute atomic E-state index is 0.152. The van der Waals surface area contributed by atoms with Gasteiger partial charge in [-0.05, 0) is 13.3 Å². The van der Waals surface area contributed by atoms with Crippen molar-refractivity contribution in [1.82, 2.24) is 4.90 Å². The number of rotatable bonds is 4. The molecule has 0 aliphatic carbocycles. The van der Waals surface area contributed by atoms with Gasteiger partial charge in [0.2, 0.25) is 5.91 Å². The summed E-state index contributed by atoms with van der Waals surface area (Å²) in [5, 5.41) is 0. The zero-order valence-electron chi connectivity index (χ0n) is 11.5. The van der Waals surface area contributed by atoms with Gasteiger partial charge in [-0.25, -0.2) is 9.69 Å². The number of hydrogen-bond donors (Lipinski definition) is 0. The van der Waals surface area contributed by atoms with E-state index in [4.69, 9.17) is 9.47 Å². The highest BCUT2D eigenvalue weighted by atomic mass is 16.6. The van der Waals surface area contributed by atoms with Gasteiger partial charge in [-0.1, -0.05) is 6.58 Å². The summed E-state index contributed by atoms with van der Waals surface area (Å²) in [6.45, 7) is 5.43. The molecule has 0 bridgehead atoms. The molecule has 110 valence electrons. The van der Waals surface area contributed by atoms with Crippen molar-refractivity contribution >= 4 is 23.8 Å². The Morgan fingerprint density at radius 3 is 2.55 bits per heavy atom. The van der Waals surface area contributed by atoms with Gasteiger partial charge >= 0.3 is 11.9 Å². The highest BCUT2D eigenvalue weighted by Crippen LogP contribution is 2.19. The van der Waals surface area contributed by atoms with Gasteiger partial charge in [0.15, 0.2) is 12.8 Å². The minimum Gasteiger partial charge on any atom is -0.452 e. The second-order valence-electron chi connectivity index (χ2n) is 4.47. The molecule has 1 saturated heterocycles. The lowest BCUT2D eigenvalue weighted by molar-refractivity contribution is -0.176. The summed E-state index contributed by atoms with van der Waals surface area (Å²) < 4.78 is 9.63. The van der Waals surface area contributed by atoms with E-state index in [-0.39, 0.29) is 12.0 Å². The molecule has 0 aromatic rings. The van der Waals surface area contributed by atoms with E-state index in [2.05, 4.69) is 6.58 Å². The summed E-state index contributed by atoms with van der Waals surface area (Å²) in [5.74, 6) is -2.46. The maximum atomic E-state index is 11.9. The molecule has 1 aliphatic rings. The van der Waals surface area contributed by atoms with Gasteiger partial charge in [0.1, 0.15) is 0 Å². The molecule has 1 unspecified atom stereocenters. The first-order valence-corrected chi connectivity index (χ1v) is 6.17. The van der Waals surface area contributed by atoms with Gasteiger partial charge in [0.25, 0.3) is 5.91 Å². The van der Waals surface area contributed by atoms with Crippen LogP contribution in [0.25, 0.3) is 0 Å². The van der Waals surface area contributed by atoms with Crippen molar-refractivity contribution in [2.75, 3.05) is 6.61 Å². The largest absolute Gasteiger partial charge is 0.452 e. The van der Waals surface area contributed by atoms with Crippen LogP contribution in [-0.4, -0.2) is 41.5 Å². The quantitative estimate of drug-likeness (QED) is 0.552. The maximum Gasteiger partial charge on any atom is 0.333 e. The molecule has 7 nitrogen and oxygen atoms in total. The van der Waals surface area contributed by atoms with Crippen molar-refractivity contribution in [1.29, 1.82) is 0 Å². The zero-order valence-corrected chi connectivity index (χ0v) is 11.5.